The molecule has 0 fully saturated rings. The summed E-state index contributed by atoms with van der Waals surface area (Å²) >= 11 is 5.92. The molecule has 0 bridgehead atoms. The van der Waals surface area contributed by atoms with E-state index >= 15 is 0 Å². The molecule has 0 atom stereocenters. The average Bonchev–Trinajstić information content (AvgIpc) is 2.80. The first kappa shape index (κ1) is 14.8. The number of aromatic nitrogens is 2. The Kier molecular flexibility index (Phi) is 4.01. The number of nitrogens with one attached hydrogen (secondary N) is 1. The van der Waals surface area contributed by atoms with Gasteiger partial charge in [-0.25, -0.2) is 13.1 Å². The summed E-state index contributed by atoms with van der Waals surface area (Å²) < 4.78 is 31.9. The van der Waals surface area contributed by atoms with E-state index in [1.165, 1.54) is 12.1 Å². The van der Waals surface area contributed by atoms with Gasteiger partial charge in [-0.2, -0.15) is 0 Å². The molecule has 1 aromatic carbocycles. The Labute approximate surface area is 122 Å². The van der Waals surface area contributed by atoms with Gasteiger partial charge in [0, 0.05) is 5.92 Å². The summed E-state index contributed by atoms with van der Waals surface area (Å²) in [6, 6.07) is 4.56. The topological polar surface area (TPSA) is 85.1 Å². The van der Waals surface area contributed by atoms with Gasteiger partial charge in [-0.3, -0.25) is 0 Å². The number of hydrogen-bond acceptors (Lipinski definition) is 5. The van der Waals surface area contributed by atoms with Crippen molar-refractivity contribution in [3.8, 4) is 0 Å². The van der Waals surface area contributed by atoms with Crippen LogP contribution >= 0.6 is 11.6 Å². The molecular formula is C12H14ClN3O3S. The Hall–Kier alpha value is -1.60. The smallest absolute Gasteiger partial charge is 0.329 e. The van der Waals surface area contributed by atoms with Crippen molar-refractivity contribution in [2.75, 3.05) is 4.72 Å². The molecule has 0 radical (unpaired) electrons. The number of aryl methyl sites for hydroxylation is 1. The van der Waals surface area contributed by atoms with Crippen LogP contribution in [0.3, 0.4) is 0 Å². The average molecular weight is 316 g/mol. The maximum atomic E-state index is 12.2. The van der Waals surface area contributed by atoms with Crippen molar-refractivity contribution in [1.29, 1.82) is 0 Å². The zero-order chi connectivity index (χ0) is 14.9. The van der Waals surface area contributed by atoms with Gasteiger partial charge in [0.1, 0.15) is 4.90 Å². The molecule has 0 saturated carbocycles. The molecule has 0 aliphatic rings. The van der Waals surface area contributed by atoms with Gasteiger partial charge in [0.2, 0.25) is 5.89 Å². The summed E-state index contributed by atoms with van der Waals surface area (Å²) in [5.74, 6) is 0.376. The second-order valence-electron chi connectivity index (χ2n) is 4.64. The number of benzene rings is 1. The Morgan fingerprint density at radius 3 is 2.60 bits per heavy atom. The summed E-state index contributed by atoms with van der Waals surface area (Å²) in [6.07, 6.45) is 0. The monoisotopic (exact) mass is 315 g/mol. The molecule has 0 amide bonds. The fraction of sp³-hybridized carbons (Fsp3) is 0.333. The maximum absolute atomic E-state index is 12.2. The predicted octanol–water partition coefficient (Wildman–Crippen LogP) is 2.96. The van der Waals surface area contributed by atoms with Crippen molar-refractivity contribution in [3.05, 3.63) is 34.7 Å². The van der Waals surface area contributed by atoms with Crippen LogP contribution in [0, 0.1) is 6.92 Å². The lowest BCUT2D eigenvalue weighted by atomic mass is 10.2. The molecule has 0 unspecified atom stereocenters. The molecule has 20 heavy (non-hydrogen) atoms. The molecule has 1 N–H and O–H groups in total. The fourth-order valence-electron chi connectivity index (χ4n) is 1.50. The Bertz CT molecular complexity index is 725. The number of anilines is 1. The molecular weight excluding hydrogens is 302 g/mol. The summed E-state index contributed by atoms with van der Waals surface area (Å²) in [5.41, 5.74) is 0.781. The molecule has 0 spiro atoms. The largest absolute Gasteiger partial charge is 0.407 e. The number of nitrogens with zero attached hydrogens (tertiary/aromatic N) is 2. The Balaban J connectivity index is 2.33. The third kappa shape index (κ3) is 3.10. The molecule has 0 saturated heterocycles. The van der Waals surface area contributed by atoms with Crippen LogP contribution in [-0.2, 0) is 10.0 Å². The summed E-state index contributed by atoms with van der Waals surface area (Å²) in [7, 11) is -3.86. The maximum Gasteiger partial charge on any atom is 0.329 e. The van der Waals surface area contributed by atoms with Crippen LogP contribution in [-0.4, -0.2) is 18.6 Å². The Morgan fingerprint density at radius 2 is 2.00 bits per heavy atom. The van der Waals surface area contributed by atoms with Gasteiger partial charge in [-0.15, -0.1) is 5.10 Å². The first-order chi connectivity index (χ1) is 9.29. The molecule has 0 aliphatic carbocycles. The lowest BCUT2D eigenvalue weighted by Gasteiger charge is -2.07. The van der Waals surface area contributed by atoms with E-state index in [1.54, 1.807) is 13.0 Å². The van der Waals surface area contributed by atoms with Crippen LogP contribution in [0.25, 0.3) is 0 Å². The van der Waals surface area contributed by atoms with Crippen molar-refractivity contribution < 1.29 is 12.8 Å². The SMILES string of the molecule is Cc1ccc(Cl)c(S(=O)(=O)Nc2nnc(C(C)C)o2)c1. The predicted molar refractivity (Wildman–Crippen MR) is 75.4 cm³/mol. The highest BCUT2D eigenvalue weighted by Gasteiger charge is 2.21. The van der Waals surface area contributed by atoms with Crippen LogP contribution in [0.2, 0.25) is 5.02 Å². The first-order valence-electron chi connectivity index (χ1n) is 5.92. The van der Waals surface area contributed by atoms with Gasteiger partial charge in [0.25, 0.3) is 10.0 Å². The molecule has 108 valence electrons. The van der Waals surface area contributed by atoms with Gasteiger partial charge >= 0.3 is 6.01 Å². The highest BCUT2D eigenvalue weighted by molar-refractivity contribution is 7.92. The second-order valence-corrected chi connectivity index (χ2v) is 6.70. The second kappa shape index (κ2) is 5.41. The van der Waals surface area contributed by atoms with Crippen LogP contribution in [0.1, 0.15) is 31.2 Å². The van der Waals surface area contributed by atoms with Gasteiger partial charge in [-0.1, -0.05) is 36.6 Å². The lowest BCUT2D eigenvalue weighted by Crippen LogP contribution is -2.14. The van der Waals surface area contributed by atoms with E-state index < -0.39 is 10.0 Å². The molecule has 2 rings (SSSR count). The van der Waals surface area contributed by atoms with Crippen molar-refractivity contribution in [1.82, 2.24) is 10.2 Å². The molecule has 8 heteroatoms. The number of rotatable bonds is 4. The van der Waals surface area contributed by atoms with Gasteiger partial charge in [0.15, 0.2) is 0 Å². The van der Waals surface area contributed by atoms with E-state index in [1.807, 2.05) is 13.8 Å². The molecule has 6 nitrogen and oxygen atoms in total. The number of hydrogen-bond donors (Lipinski definition) is 1. The van der Waals surface area contributed by atoms with E-state index in [2.05, 4.69) is 14.9 Å². The fourth-order valence-corrected chi connectivity index (χ4v) is 3.01. The van der Waals surface area contributed by atoms with Crippen LogP contribution in [0.4, 0.5) is 6.01 Å². The van der Waals surface area contributed by atoms with E-state index in [4.69, 9.17) is 16.0 Å². The van der Waals surface area contributed by atoms with Gasteiger partial charge in [-0.05, 0) is 24.6 Å². The highest BCUT2D eigenvalue weighted by atomic mass is 35.5. The van der Waals surface area contributed by atoms with Crippen LogP contribution in [0.5, 0.6) is 0 Å². The van der Waals surface area contributed by atoms with E-state index in [0.717, 1.165) is 5.56 Å². The molecule has 2 aromatic rings. The first-order valence-corrected chi connectivity index (χ1v) is 7.78. The standard InChI is InChI=1S/C12H14ClN3O3S/c1-7(2)11-14-15-12(19-11)16-20(17,18)10-6-8(3)4-5-9(10)13/h4-7H,1-3H3,(H,15,16). The van der Waals surface area contributed by atoms with E-state index in [-0.39, 0.29) is 21.9 Å². The van der Waals surface area contributed by atoms with Gasteiger partial charge < -0.3 is 4.42 Å². The van der Waals surface area contributed by atoms with Crippen LogP contribution < -0.4 is 4.72 Å². The zero-order valence-corrected chi connectivity index (χ0v) is 12.8. The molecule has 1 heterocycles. The Morgan fingerprint density at radius 1 is 1.30 bits per heavy atom. The number of halogens is 1. The van der Waals surface area contributed by atoms with Crippen molar-refractivity contribution in [2.24, 2.45) is 0 Å². The minimum absolute atomic E-state index is 0.0170. The third-order valence-corrected chi connectivity index (χ3v) is 4.33. The summed E-state index contributed by atoms with van der Waals surface area (Å²) in [6.45, 7) is 5.51. The van der Waals surface area contributed by atoms with Crippen molar-refractivity contribution in [3.63, 3.8) is 0 Å². The van der Waals surface area contributed by atoms with E-state index in [0.29, 0.717) is 5.89 Å². The summed E-state index contributed by atoms with van der Waals surface area (Å²) in [4.78, 5) is -0.0246. The third-order valence-electron chi connectivity index (χ3n) is 2.53. The van der Waals surface area contributed by atoms with Crippen LogP contribution in [0.15, 0.2) is 27.5 Å². The van der Waals surface area contributed by atoms with Gasteiger partial charge in [0.05, 0.1) is 5.02 Å². The zero-order valence-electron chi connectivity index (χ0n) is 11.2. The normalized spacial score (nSPS) is 11.8. The van der Waals surface area contributed by atoms with Crippen molar-refractivity contribution >= 4 is 27.6 Å². The quantitative estimate of drug-likeness (QED) is 0.937. The van der Waals surface area contributed by atoms with Crippen molar-refractivity contribution in [2.45, 2.75) is 31.6 Å². The van der Waals surface area contributed by atoms with E-state index in [9.17, 15) is 8.42 Å². The number of sulfonamides is 1. The minimum Gasteiger partial charge on any atom is -0.407 e. The molecule has 1 aromatic heterocycles. The lowest BCUT2D eigenvalue weighted by molar-refractivity contribution is 0.483. The summed E-state index contributed by atoms with van der Waals surface area (Å²) in [5, 5.41) is 7.54. The minimum atomic E-state index is -3.86. The molecule has 0 aliphatic heterocycles. The highest BCUT2D eigenvalue weighted by Crippen LogP contribution is 2.25.